The van der Waals surface area contributed by atoms with E-state index in [9.17, 15) is 10.1 Å². The Hall–Kier alpha value is -3.12. The molecule has 4 rings (SSSR count). The minimum atomic E-state index is -0.611. The molecule has 2 aromatic heterocycles. The molecule has 2 aromatic rings. The average Bonchev–Trinajstić information content (AvgIpc) is 3.27. The van der Waals surface area contributed by atoms with Crippen molar-refractivity contribution in [1.29, 1.82) is 5.26 Å². The lowest BCUT2D eigenvalue weighted by Crippen LogP contribution is -2.43. The molecule has 2 aliphatic rings. The van der Waals surface area contributed by atoms with Crippen LogP contribution in [0.5, 0.6) is 0 Å². The van der Waals surface area contributed by atoms with Gasteiger partial charge in [0, 0.05) is 24.7 Å². The summed E-state index contributed by atoms with van der Waals surface area (Å²) in [6, 6.07) is 5.68. The summed E-state index contributed by atoms with van der Waals surface area (Å²) >= 11 is 0. The molecule has 1 spiro atoms. The van der Waals surface area contributed by atoms with Crippen LogP contribution in [-0.4, -0.2) is 51.1 Å². The molecule has 0 aromatic carbocycles. The van der Waals surface area contributed by atoms with Crippen LogP contribution in [0.4, 0.5) is 10.6 Å². The standard InChI is InChI=1S/C20H24N6O3/c1-19(2,3)29-18(27)25-5-4-20(12-25)16-9-15(24-26(16)6-7-28-20)14-8-13(10-21)17(22)23-11-14/h8-9,11H,4-7,12H2,1-3H3,(H2,22,23)/t20-/m1/s1. The Balaban J connectivity index is 1.63. The first kappa shape index (κ1) is 19.2. The van der Waals surface area contributed by atoms with E-state index in [0.717, 1.165) is 11.3 Å². The Bertz CT molecular complexity index is 1000. The number of nitrogen functional groups attached to an aromatic ring is 1. The summed E-state index contributed by atoms with van der Waals surface area (Å²) in [5.41, 5.74) is 7.22. The minimum absolute atomic E-state index is 0.198. The van der Waals surface area contributed by atoms with E-state index in [1.807, 2.05) is 37.6 Å². The van der Waals surface area contributed by atoms with Crippen molar-refractivity contribution in [2.75, 3.05) is 25.4 Å². The van der Waals surface area contributed by atoms with Crippen LogP contribution in [0, 0.1) is 11.3 Å². The second kappa shape index (κ2) is 6.74. The molecule has 4 heterocycles. The highest BCUT2D eigenvalue weighted by Gasteiger charge is 2.47. The molecule has 0 radical (unpaired) electrons. The zero-order valence-electron chi connectivity index (χ0n) is 16.8. The van der Waals surface area contributed by atoms with E-state index in [0.29, 0.717) is 43.9 Å². The van der Waals surface area contributed by atoms with Crippen molar-refractivity contribution >= 4 is 11.9 Å². The maximum atomic E-state index is 12.5. The molecule has 9 nitrogen and oxygen atoms in total. The number of nitriles is 1. The molecular weight excluding hydrogens is 372 g/mol. The quantitative estimate of drug-likeness (QED) is 0.785. The number of hydrogen-bond acceptors (Lipinski definition) is 7. The van der Waals surface area contributed by atoms with Gasteiger partial charge in [-0.05, 0) is 32.9 Å². The van der Waals surface area contributed by atoms with Gasteiger partial charge in [0.25, 0.3) is 0 Å². The summed E-state index contributed by atoms with van der Waals surface area (Å²) in [7, 11) is 0. The normalized spacial score (nSPS) is 21.1. The molecule has 29 heavy (non-hydrogen) atoms. The van der Waals surface area contributed by atoms with Gasteiger partial charge in [0.1, 0.15) is 23.1 Å². The maximum absolute atomic E-state index is 12.5. The predicted octanol–water partition coefficient (Wildman–Crippen LogP) is 2.27. The van der Waals surface area contributed by atoms with Crippen molar-refractivity contribution in [2.45, 2.75) is 44.9 Å². The lowest BCUT2D eigenvalue weighted by atomic mass is 9.96. The van der Waals surface area contributed by atoms with Gasteiger partial charge in [0.2, 0.25) is 0 Å². The summed E-state index contributed by atoms with van der Waals surface area (Å²) in [5, 5.41) is 13.9. The largest absolute Gasteiger partial charge is 0.444 e. The third-order valence-electron chi connectivity index (χ3n) is 5.15. The van der Waals surface area contributed by atoms with Crippen molar-refractivity contribution in [3.05, 3.63) is 29.6 Å². The van der Waals surface area contributed by atoms with Crippen LogP contribution in [0.15, 0.2) is 18.3 Å². The fourth-order valence-electron chi connectivity index (χ4n) is 3.79. The number of nitrogens with zero attached hydrogens (tertiary/aromatic N) is 5. The number of carbonyl (C=O) groups excluding carboxylic acids is 1. The number of hydrogen-bond donors (Lipinski definition) is 1. The molecule has 1 fully saturated rings. The fraction of sp³-hybridized carbons (Fsp3) is 0.500. The van der Waals surface area contributed by atoms with Gasteiger partial charge in [0.15, 0.2) is 0 Å². The summed E-state index contributed by atoms with van der Waals surface area (Å²) in [4.78, 5) is 18.3. The van der Waals surface area contributed by atoms with Crippen LogP contribution >= 0.6 is 0 Å². The SMILES string of the molecule is CC(C)(C)OC(=O)N1CC[C@]2(C1)OCCn1nc(-c3cnc(N)c(C#N)c3)cc12. The number of rotatable bonds is 1. The number of aromatic nitrogens is 3. The molecule has 2 aliphatic heterocycles. The Morgan fingerprint density at radius 3 is 2.90 bits per heavy atom. The van der Waals surface area contributed by atoms with E-state index in [-0.39, 0.29) is 11.9 Å². The highest BCUT2D eigenvalue weighted by molar-refractivity contribution is 5.69. The molecule has 0 bridgehead atoms. The molecule has 0 saturated carbocycles. The Morgan fingerprint density at radius 1 is 1.38 bits per heavy atom. The molecular formula is C20H24N6O3. The first-order valence-electron chi connectivity index (χ1n) is 9.57. The highest BCUT2D eigenvalue weighted by Crippen LogP contribution is 2.40. The van der Waals surface area contributed by atoms with Crippen LogP contribution in [0.2, 0.25) is 0 Å². The van der Waals surface area contributed by atoms with Gasteiger partial charge in [-0.3, -0.25) is 4.68 Å². The maximum Gasteiger partial charge on any atom is 0.410 e. The molecule has 0 unspecified atom stereocenters. The number of amides is 1. The zero-order valence-corrected chi connectivity index (χ0v) is 16.8. The molecule has 1 atom stereocenters. The second-order valence-corrected chi connectivity index (χ2v) is 8.40. The number of nitrogens with two attached hydrogens (primary N) is 1. The number of pyridine rings is 1. The summed E-state index contributed by atoms with van der Waals surface area (Å²) in [5.74, 6) is 0.198. The van der Waals surface area contributed by atoms with Gasteiger partial charge in [-0.15, -0.1) is 0 Å². The van der Waals surface area contributed by atoms with Crippen molar-refractivity contribution in [3.8, 4) is 17.3 Å². The Kier molecular flexibility index (Phi) is 4.46. The van der Waals surface area contributed by atoms with Crippen LogP contribution in [0.1, 0.15) is 38.4 Å². The monoisotopic (exact) mass is 396 g/mol. The van der Waals surface area contributed by atoms with E-state index >= 15 is 0 Å². The van der Waals surface area contributed by atoms with Gasteiger partial charge in [-0.25, -0.2) is 9.78 Å². The molecule has 0 aliphatic carbocycles. The number of ether oxygens (including phenoxy) is 2. The van der Waals surface area contributed by atoms with Crippen LogP contribution in [0.3, 0.4) is 0 Å². The summed E-state index contributed by atoms with van der Waals surface area (Å²) in [6.45, 7) is 7.66. The number of fused-ring (bicyclic) bond motifs is 2. The van der Waals surface area contributed by atoms with Crippen LogP contribution < -0.4 is 5.73 Å². The first-order valence-corrected chi connectivity index (χ1v) is 9.57. The summed E-state index contributed by atoms with van der Waals surface area (Å²) < 4.78 is 13.6. The van der Waals surface area contributed by atoms with Gasteiger partial charge in [-0.1, -0.05) is 0 Å². The average molecular weight is 396 g/mol. The smallest absolute Gasteiger partial charge is 0.410 e. The molecule has 2 N–H and O–H groups in total. The molecule has 1 amide bonds. The predicted molar refractivity (Wildman–Crippen MR) is 105 cm³/mol. The van der Waals surface area contributed by atoms with Crippen molar-refractivity contribution in [2.24, 2.45) is 0 Å². The Labute approximate surface area is 169 Å². The lowest BCUT2D eigenvalue weighted by Gasteiger charge is -2.34. The number of anilines is 1. The van der Waals surface area contributed by atoms with Crippen molar-refractivity contribution in [1.82, 2.24) is 19.7 Å². The third kappa shape index (κ3) is 3.51. The van der Waals surface area contributed by atoms with Gasteiger partial charge < -0.3 is 20.1 Å². The van der Waals surface area contributed by atoms with E-state index in [2.05, 4.69) is 10.1 Å². The molecule has 152 valence electrons. The van der Waals surface area contributed by atoms with Crippen molar-refractivity contribution in [3.63, 3.8) is 0 Å². The Morgan fingerprint density at radius 2 is 2.17 bits per heavy atom. The van der Waals surface area contributed by atoms with E-state index < -0.39 is 11.2 Å². The number of likely N-dealkylation sites (tertiary alicyclic amines) is 1. The number of carbonyl (C=O) groups is 1. The minimum Gasteiger partial charge on any atom is -0.444 e. The third-order valence-corrected chi connectivity index (χ3v) is 5.15. The van der Waals surface area contributed by atoms with E-state index in [1.54, 1.807) is 17.2 Å². The van der Waals surface area contributed by atoms with Crippen LogP contribution in [0.25, 0.3) is 11.3 Å². The van der Waals surface area contributed by atoms with Gasteiger partial charge in [0.05, 0.1) is 36.6 Å². The zero-order chi connectivity index (χ0) is 20.8. The highest BCUT2D eigenvalue weighted by atomic mass is 16.6. The topological polar surface area (TPSA) is 119 Å². The van der Waals surface area contributed by atoms with Gasteiger partial charge in [-0.2, -0.15) is 10.4 Å². The van der Waals surface area contributed by atoms with Crippen LogP contribution in [-0.2, 0) is 21.6 Å². The first-order chi connectivity index (χ1) is 13.7. The molecule has 1 saturated heterocycles. The fourth-order valence-corrected chi connectivity index (χ4v) is 3.79. The van der Waals surface area contributed by atoms with E-state index in [4.69, 9.17) is 15.2 Å². The molecule has 9 heteroatoms. The van der Waals surface area contributed by atoms with E-state index in [1.165, 1.54) is 0 Å². The second-order valence-electron chi connectivity index (χ2n) is 8.40. The lowest BCUT2D eigenvalue weighted by molar-refractivity contribution is -0.0727. The summed E-state index contributed by atoms with van der Waals surface area (Å²) in [6.07, 6.45) is 1.94. The van der Waals surface area contributed by atoms with Crippen molar-refractivity contribution < 1.29 is 14.3 Å². The van der Waals surface area contributed by atoms with Gasteiger partial charge >= 0.3 is 6.09 Å².